The average Bonchev–Trinajstić information content (AvgIpc) is 3.70. The van der Waals surface area contributed by atoms with Crippen molar-refractivity contribution in [2.75, 3.05) is 0 Å². The third kappa shape index (κ3) is 4.08. The molecule has 0 amide bonds. The normalized spacial score (nSPS) is 11.8. The Hall–Kier alpha value is -6.59. The van der Waals surface area contributed by atoms with Crippen molar-refractivity contribution >= 4 is 54.5 Å². The molecule has 0 N–H and O–H groups in total. The lowest BCUT2D eigenvalue weighted by Gasteiger charge is -2.17. The van der Waals surface area contributed by atoms with Crippen molar-refractivity contribution < 1.29 is 4.42 Å². The summed E-state index contributed by atoms with van der Waals surface area (Å²) in [6, 6.07) is 54.5. The Labute approximate surface area is 275 Å². The maximum Gasteiger partial charge on any atom is 0.166 e. The van der Waals surface area contributed by atoms with Gasteiger partial charge in [-0.15, -0.1) is 0 Å². The fourth-order valence-electron chi connectivity index (χ4n) is 7.05. The van der Waals surface area contributed by atoms with Gasteiger partial charge in [-0.05, 0) is 41.8 Å². The van der Waals surface area contributed by atoms with Crippen LogP contribution in [0.5, 0.6) is 0 Å². The second kappa shape index (κ2) is 10.5. The van der Waals surface area contributed by atoms with Crippen LogP contribution in [-0.4, -0.2) is 19.5 Å². The molecule has 0 spiro atoms. The van der Waals surface area contributed by atoms with Gasteiger partial charge in [-0.3, -0.25) is 0 Å². The highest BCUT2D eigenvalue weighted by atomic mass is 16.3. The number of benzene rings is 7. The minimum absolute atomic E-state index is 0.586. The second-order valence-corrected chi connectivity index (χ2v) is 12.0. The molecule has 0 saturated heterocycles. The molecule has 5 nitrogen and oxygen atoms in total. The number of para-hydroxylation sites is 3. The van der Waals surface area contributed by atoms with E-state index < -0.39 is 0 Å². The van der Waals surface area contributed by atoms with E-state index >= 15 is 0 Å². The summed E-state index contributed by atoms with van der Waals surface area (Å²) in [5.41, 5.74) is 7.66. The molecule has 0 radical (unpaired) electrons. The zero-order valence-electron chi connectivity index (χ0n) is 25.7. The number of fused-ring (bicyclic) bond motifs is 7. The largest absolute Gasteiger partial charge is 0.456 e. The lowest BCUT2D eigenvalue weighted by atomic mass is 10.0. The summed E-state index contributed by atoms with van der Waals surface area (Å²) in [6.07, 6.45) is 0. The first-order valence-electron chi connectivity index (χ1n) is 16.0. The van der Waals surface area contributed by atoms with Gasteiger partial charge in [0.2, 0.25) is 0 Å². The molecule has 0 aliphatic rings. The highest BCUT2D eigenvalue weighted by Crippen LogP contribution is 2.40. The zero-order valence-corrected chi connectivity index (χ0v) is 25.7. The summed E-state index contributed by atoms with van der Waals surface area (Å²) in [5.74, 6) is 1.80. The number of nitrogens with zero attached hydrogens (tertiary/aromatic N) is 4. The molecular weight excluding hydrogens is 589 g/mol. The van der Waals surface area contributed by atoms with Gasteiger partial charge in [0.25, 0.3) is 0 Å². The molecule has 10 aromatic rings. The number of rotatable bonds is 4. The molecule has 5 heteroatoms. The Morgan fingerprint density at radius 2 is 0.979 bits per heavy atom. The van der Waals surface area contributed by atoms with Crippen LogP contribution in [0.1, 0.15) is 0 Å². The van der Waals surface area contributed by atoms with E-state index in [2.05, 4.69) is 108 Å². The quantitative estimate of drug-likeness (QED) is 0.198. The highest BCUT2D eigenvalue weighted by Gasteiger charge is 2.21. The van der Waals surface area contributed by atoms with E-state index in [0.29, 0.717) is 17.5 Å². The first-order valence-corrected chi connectivity index (χ1v) is 16.0. The van der Waals surface area contributed by atoms with Gasteiger partial charge >= 0.3 is 0 Å². The molecule has 3 aromatic heterocycles. The summed E-state index contributed by atoms with van der Waals surface area (Å²) in [4.78, 5) is 15.4. The molecule has 224 valence electrons. The standard InChI is InChI=1S/C43H26N4O/c1-2-13-28(14-3-1)41-44-42(29-23-24-34-33-18-8-11-21-38(33)48-39(34)26-29)46-43(45-41)35-25-22-27-12-4-5-15-30(27)40(35)47-36-19-9-6-16-31(36)32-17-7-10-20-37(32)47/h1-26H. The monoisotopic (exact) mass is 614 g/mol. The van der Waals surface area contributed by atoms with Crippen LogP contribution in [0.2, 0.25) is 0 Å². The number of hydrogen-bond donors (Lipinski definition) is 0. The fraction of sp³-hybridized carbons (Fsp3) is 0. The number of aromatic nitrogens is 4. The van der Waals surface area contributed by atoms with Crippen LogP contribution in [0.15, 0.2) is 162 Å². The van der Waals surface area contributed by atoms with Gasteiger partial charge in [0, 0.05) is 43.6 Å². The van der Waals surface area contributed by atoms with Crippen molar-refractivity contribution in [2.45, 2.75) is 0 Å². The van der Waals surface area contributed by atoms with Crippen molar-refractivity contribution in [1.29, 1.82) is 0 Å². The minimum atomic E-state index is 0.586. The Morgan fingerprint density at radius 3 is 1.75 bits per heavy atom. The van der Waals surface area contributed by atoms with Crippen LogP contribution in [0, 0.1) is 0 Å². The molecule has 0 unspecified atom stereocenters. The van der Waals surface area contributed by atoms with Gasteiger partial charge in [0.15, 0.2) is 17.5 Å². The van der Waals surface area contributed by atoms with E-state index in [4.69, 9.17) is 19.4 Å². The van der Waals surface area contributed by atoms with Crippen LogP contribution in [0.3, 0.4) is 0 Å². The first kappa shape index (κ1) is 26.6. The van der Waals surface area contributed by atoms with Crippen molar-refractivity contribution in [2.24, 2.45) is 0 Å². The van der Waals surface area contributed by atoms with Crippen LogP contribution >= 0.6 is 0 Å². The summed E-state index contributed by atoms with van der Waals surface area (Å²) in [6.45, 7) is 0. The van der Waals surface area contributed by atoms with Crippen LogP contribution < -0.4 is 0 Å². The predicted octanol–water partition coefficient (Wildman–Crippen LogP) is 11.0. The van der Waals surface area contributed by atoms with Gasteiger partial charge in [-0.25, -0.2) is 15.0 Å². The van der Waals surface area contributed by atoms with Crippen LogP contribution in [0.4, 0.5) is 0 Å². The molecule has 10 rings (SSSR count). The maximum absolute atomic E-state index is 6.27. The van der Waals surface area contributed by atoms with Crippen molar-refractivity contribution in [3.63, 3.8) is 0 Å². The first-order chi connectivity index (χ1) is 23.8. The lowest BCUT2D eigenvalue weighted by Crippen LogP contribution is -2.04. The third-order valence-electron chi connectivity index (χ3n) is 9.25. The molecule has 0 saturated carbocycles. The Morgan fingerprint density at radius 1 is 0.396 bits per heavy atom. The van der Waals surface area contributed by atoms with Crippen LogP contribution in [-0.2, 0) is 0 Å². The molecule has 3 heterocycles. The Bertz CT molecular complexity index is 2800. The molecular formula is C43H26N4O. The molecule has 0 aliphatic heterocycles. The number of furan rings is 1. The summed E-state index contributed by atoms with van der Waals surface area (Å²) in [5, 5.41) is 6.82. The van der Waals surface area contributed by atoms with Gasteiger partial charge in [-0.2, -0.15) is 0 Å². The van der Waals surface area contributed by atoms with Gasteiger partial charge < -0.3 is 8.98 Å². The van der Waals surface area contributed by atoms with E-state index in [1.165, 1.54) is 10.8 Å². The van der Waals surface area contributed by atoms with E-state index in [1.54, 1.807) is 0 Å². The lowest BCUT2D eigenvalue weighted by molar-refractivity contribution is 0.669. The molecule has 7 aromatic carbocycles. The van der Waals surface area contributed by atoms with Crippen molar-refractivity contribution in [1.82, 2.24) is 19.5 Å². The van der Waals surface area contributed by atoms with Crippen LogP contribution in [0.25, 0.3) is 94.4 Å². The summed E-state index contributed by atoms with van der Waals surface area (Å²) < 4.78 is 8.64. The fourth-order valence-corrected chi connectivity index (χ4v) is 7.05. The van der Waals surface area contributed by atoms with E-state index in [1.807, 2.05) is 54.6 Å². The molecule has 0 bridgehead atoms. The van der Waals surface area contributed by atoms with E-state index in [9.17, 15) is 0 Å². The van der Waals surface area contributed by atoms with E-state index in [0.717, 1.165) is 66.1 Å². The number of hydrogen-bond acceptors (Lipinski definition) is 4. The SMILES string of the molecule is c1ccc(-c2nc(-c3ccc4c(c3)oc3ccccc34)nc(-c3ccc4ccccc4c3-n3c4ccccc4c4ccccc43)n2)cc1. The Balaban J connectivity index is 1.28. The maximum atomic E-state index is 6.27. The topological polar surface area (TPSA) is 56.7 Å². The average molecular weight is 615 g/mol. The highest BCUT2D eigenvalue weighted by molar-refractivity contribution is 6.12. The van der Waals surface area contributed by atoms with Crippen molar-refractivity contribution in [3.8, 4) is 39.9 Å². The Kier molecular flexibility index (Phi) is 5.81. The third-order valence-corrected chi connectivity index (χ3v) is 9.25. The van der Waals surface area contributed by atoms with E-state index in [-0.39, 0.29) is 0 Å². The smallest absolute Gasteiger partial charge is 0.166 e. The van der Waals surface area contributed by atoms with Crippen molar-refractivity contribution in [3.05, 3.63) is 158 Å². The molecule has 0 atom stereocenters. The molecule has 0 aliphatic carbocycles. The van der Waals surface area contributed by atoms with Gasteiger partial charge in [0.1, 0.15) is 11.2 Å². The summed E-state index contributed by atoms with van der Waals surface area (Å²) >= 11 is 0. The van der Waals surface area contributed by atoms with Gasteiger partial charge in [0.05, 0.1) is 16.7 Å². The predicted molar refractivity (Wildman–Crippen MR) is 195 cm³/mol. The molecule has 0 fully saturated rings. The van der Waals surface area contributed by atoms with Gasteiger partial charge in [-0.1, -0.05) is 121 Å². The minimum Gasteiger partial charge on any atom is -0.456 e. The summed E-state index contributed by atoms with van der Waals surface area (Å²) in [7, 11) is 0. The zero-order chi connectivity index (χ0) is 31.6. The second-order valence-electron chi connectivity index (χ2n) is 12.0. The molecule has 48 heavy (non-hydrogen) atoms.